The molecule has 0 saturated carbocycles. The number of rotatable bonds is 6. The third-order valence-corrected chi connectivity index (χ3v) is 5.80. The van der Waals surface area contributed by atoms with E-state index >= 15 is 0 Å². The van der Waals surface area contributed by atoms with Crippen molar-refractivity contribution in [2.45, 2.75) is 13.8 Å². The maximum Gasteiger partial charge on any atom is 0.156 e. The molecule has 0 aliphatic carbocycles. The van der Waals surface area contributed by atoms with Crippen LogP contribution < -0.4 is 15.1 Å². The van der Waals surface area contributed by atoms with Gasteiger partial charge >= 0.3 is 0 Å². The van der Waals surface area contributed by atoms with Crippen molar-refractivity contribution in [2.75, 3.05) is 41.3 Å². The van der Waals surface area contributed by atoms with Crippen LogP contribution in [0.2, 0.25) is 0 Å². The molecule has 1 aromatic carbocycles. The van der Waals surface area contributed by atoms with Crippen molar-refractivity contribution in [1.29, 1.82) is 0 Å². The lowest BCUT2D eigenvalue weighted by Crippen LogP contribution is -2.47. The van der Waals surface area contributed by atoms with Gasteiger partial charge in [-0.15, -0.1) is 0 Å². The van der Waals surface area contributed by atoms with Gasteiger partial charge in [0.05, 0.1) is 0 Å². The first-order valence-corrected chi connectivity index (χ1v) is 11.5. The Labute approximate surface area is 199 Å². The molecule has 1 saturated heterocycles. The van der Waals surface area contributed by atoms with Crippen LogP contribution in [0.3, 0.4) is 0 Å². The Morgan fingerprint density at radius 3 is 2.38 bits per heavy atom. The molecule has 172 valence electrons. The highest BCUT2D eigenvalue weighted by atomic mass is 15.3. The summed E-state index contributed by atoms with van der Waals surface area (Å²) in [6.07, 6.45) is 5.84. The Kier molecular flexibility index (Phi) is 6.20. The van der Waals surface area contributed by atoms with Crippen LogP contribution in [-0.2, 0) is 0 Å². The molecule has 34 heavy (non-hydrogen) atoms. The lowest BCUT2D eigenvalue weighted by molar-refractivity contribution is 0.639. The second-order valence-corrected chi connectivity index (χ2v) is 8.39. The van der Waals surface area contributed by atoms with E-state index in [-0.39, 0.29) is 0 Å². The highest BCUT2D eigenvalue weighted by molar-refractivity contribution is 5.69. The van der Waals surface area contributed by atoms with E-state index in [1.165, 1.54) is 5.56 Å². The molecule has 0 amide bonds. The van der Waals surface area contributed by atoms with Gasteiger partial charge in [0.1, 0.15) is 17.5 Å². The number of benzene rings is 1. The summed E-state index contributed by atoms with van der Waals surface area (Å²) in [6.45, 7) is 7.57. The van der Waals surface area contributed by atoms with Crippen molar-refractivity contribution in [3.05, 3.63) is 83.4 Å². The van der Waals surface area contributed by atoms with E-state index in [4.69, 9.17) is 9.97 Å². The van der Waals surface area contributed by atoms with Crippen LogP contribution in [0.4, 0.5) is 23.3 Å². The first kappa shape index (κ1) is 21.6. The fourth-order valence-electron chi connectivity index (χ4n) is 4.06. The van der Waals surface area contributed by atoms with Crippen LogP contribution >= 0.6 is 0 Å². The Balaban J connectivity index is 1.38. The molecule has 2 N–H and O–H groups in total. The van der Waals surface area contributed by atoms with E-state index in [2.05, 4.69) is 55.4 Å². The largest absolute Gasteiger partial charge is 0.353 e. The second kappa shape index (κ2) is 9.74. The standard InChI is InChI=1S/C26H28N8/c1-19-7-6-12-27-26(19)34-15-13-33(14-16-34)25-18-23(29-24-17-20(2)31-32-24)28-22(30-25)11-10-21-8-4-3-5-9-21/h3-12,17-18H,13-16H2,1-2H3,(H2,28,29,30,31,32)/b11-10+. The maximum absolute atomic E-state index is 4.86. The fraction of sp³-hybridized carbons (Fsp3) is 0.231. The summed E-state index contributed by atoms with van der Waals surface area (Å²) in [5.41, 5.74) is 3.29. The molecule has 4 heterocycles. The van der Waals surface area contributed by atoms with Gasteiger partial charge in [0.2, 0.25) is 0 Å². The predicted molar refractivity (Wildman–Crippen MR) is 137 cm³/mol. The fourth-order valence-corrected chi connectivity index (χ4v) is 4.06. The molecule has 1 aliphatic heterocycles. The van der Waals surface area contributed by atoms with E-state index in [9.17, 15) is 0 Å². The van der Waals surface area contributed by atoms with Gasteiger partial charge in [-0.1, -0.05) is 42.5 Å². The summed E-state index contributed by atoms with van der Waals surface area (Å²) in [5, 5.41) is 10.6. The monoisotopic (exact) mass is 452 g/mol. The zero-order valence-corrected chi connectivity index (χ0v) is 19.4. The van der Waals surface area contributed by atoms with Crippen molar-refractivity contribution >= 4 is 35.4 Å². The van der Waals surface area contributed by atoms with E-state index in [1.54, 1.807) is 0 Å². The summed E-state index contributed by atoms with van der Waals surface area (Å²) in [5.74, 6) is 4.06. The molecule has 8 heteroatoms. The number of pyridine rings is 1. The average molecular weight is 453 g/mol. The minimum Gasteiger partial charge on any atom is -0.353 e. The average Bonchev–Trinajstić information content (AvgIpc) is 3.28. The molecule has 4 aromatic rings. The molecule has 8 nitrogen and oxygen atoms in total. The lowest BCUT2D eigenvalue weighted by atomic mass is 10.2. The first-order valence-electron chi connectivity index (χ1n) is 11.5. The Morgan fingerprint density at radius 1 is 0.853 bits per heavy atom. The van der Waals surface area contributed by atoms with Crippen LogP contribution in [0.5, 0.6) is 0 Å². The smallest absolute Gasteiger partial charge is 0.156 e. The molecule has 0 spiro atoms. The number of nitrogens with one attached hydrogen (secondary N) is 2. The number of nitrogens with zero attached hydrogens (tertiary/aromatic N) is 6. The summed E-state index contributed by atoms with van der Waals surface area (Å²) in [6, 6.07) is 18.2. The molecule has 1 fully saturated rings. The summed E-state index contributed by atoms with van der Waals surface area (Å²) in [4.78, 5) is 18.8. The number of H-pyrrole nitrogens is 1. The quantitative estimate of drug-likeness (QED) is 0.447. The normalized spacial score (nSPS) is 14.1. The molecule has 3 aromatic heterocycles. The Morgan fingerprint density at radius 2 is 1.65 bits per heavy atom. The van der Waals surface area contributed by atoms with E-state index in [1.807, 2.05) is 61.7 Å². The highest BCUT2D eigenvalue weighted by Crippen LogP contribution is 2.24. The zero-order valence-electron chi connectivity index (χ0n) is 19.4. The minimum absolute atomic E-state index is 0.652. The maximum atomic E-state index is 4.86. The first-order chi connectivity index (χ1) is 16.6. The zero-order chi connectivity index (χ0) is 23.3. The van der Waals surface area contributed by atoms with Gasteiger partial charge in [0.25, 0.3) is 0 Å². The summed E-state index contributed by atoms with van der Waals surface area (Å²) < 4.78 is 0. The molecular weight excluding hydrogens is 424 g/mol. The number of aromatic nitrogens is 5. The van der Waals surface area contributed by atoms with Crippen molar-refractivity contribution < 1.29 is 0 Å². The predicted octanol–water partition coefficient (Wildman–Crippen LogP) is 4.45. The number of hydrogen-bond acceptors (Lipinski definition) is 7. The van der Waals surface area contributed by atoms with Gasteiger partial charge < -0.3 is 15.1 Å². The van der Waals surface area contributed by atoms with E-state index in [0.717, 1.165) is 54.9 Å². The van der Waals surface area contributed by atoms with Gasteiger partial charge in [-0.05, 0) is 37.1 Å². The van der Waals surface area contributed by atoms with Gasteiger partial charge in [-0.2, -0.15) is 5.10 Å². The van der Waals surface area contributed by atoms with Crippen molar-refractivity contribution in [2.24, 2.45) is 0 Å². The molecule has 0 bridgehead atoms. The SMILES string of the molecule is Cc1cc(Nc2cc(N3CCN(c4ncccc4C)CC3)nc(/C=C/c3ccccc3)n2)n[nH]1. The third-order valence-electron chi connectivity index (χ3n) is 5.80. The summed E-state index contributed by atoms with van der Waals surface area (Å²) >= 11 is 0. The number of hydrogen-bond donors (Lipinski definition) is 2. The lowest BCUT2D eigenvalue weighted by Gasteiger charge is -2.36. The number of anilines is 4. The molecule has 0 atom stereocenters. The molecule has 0 unspecified atom stereocenters. The molecule has 5 rings (SSSR count). The van der Waals surface area contributed by atoms with Crippen LogP contribution in [0.15, 0.2) is 60.8 Å². The molecule has 0 radical (unpaired) electrons. The summed E-state index contributed by atoms with van der Waals surface area (Å²) in [7, 11) is 0. The number of piperazine rings is 1. The minimum atomic E-state index is 0.652. The highest BCUT2D eigenvalue weighted by Gasteiger charge is 2.21. The second-order valence-electron chi connectivity index (χ2n) is 8.39. The molecular formula is C26H28N8. The van der Waals surface area contributed by atoms with Crippen molar-refractivity contribution in [3.8, 4) is 0 Å². The van der Waals surface area contributed by atoms with Crippen LogP contribution in [0.1, 0.15) is 22.6 Å². The van der Waals surface area contributed by atoms with E-state index < -0.39 is 0 Å². The topological polar surface area (TPSA) is 85.9 Å². The van der Waals surface area contributed by atoms with Crippen molar-refractivity contribution in [1.82, 2.24) is 25.1 Å². The number of aryl methyl sites for hydroxylation is 2. The van der Waals surface area contributed by atoms with E-state index in [0.29, 0.717) is 11.6 Å². The number of aromatic amines is 1. The van der Waals surface area contributed by atoms with Crippen LogP contribution in [0.25, 0.3) is 12.2 Å². The van der Waals surface area contributed by atoms with Crippen LogP contribution in [0, 0.1) is 13.8 Å². The third kappa shape index (κ3) is 5.06. The van der Waals surface area contributed by atoms with Gasteiger partial charge in [0.15, 0.2) is 11.6 Å². The Hall–Kier alpha value is -4.20. The Bertz CT molecular complexity index is 1270. The molecule has 1 aliphatic rings. The van der Waals surface area contributed by atoms with Gasteiger partial charge in [-0.25, -0.2) is 15.0 Å². The van der Waals surface area contributed by atoms with Crippen molar-refractivity contribution in [3.63, 3.8) is 0 Å². The van der Waals surface area contributed by atoms with Crippen LogP contribution in [-0.4, -0.2) is 51.3 Å². The van der Waals surface area contributed by atoms with Gasteiger partial charge in [-0.3, -0.25) is 5.10 Å². The van der Waals surface area contributed by atoms with Gasteiger partial charge in [0, 0.05) is 50.2 Å².